The average Bonchev–Trinajstić information content (AvgIpc) is 3.13. The molecule has 0 aliphatic rings. The van der Waals surface area contributed by atoms with E-state index < -0.39 is 5.41 Å². The first kappa shape index (κ1) is 20.9. The molecule has 0 bridgehead atoms. The minimum absolute atomic E-state index is 0.0801. The number of anilines is 1. The summed E-state index contributed by atoms with van der Waals surface area (Å²) in [6, 6.07) is 15.7. The first-order valence-corrected chi connectivity index (χ1v) is 10.2. The molecule has 2 aromatic carbocycles. The zero-order chi connectivity index (χ0) is 21.0. The molecule has 0 unspecified atom stereocenters. The smallest absolute Gasteiger partial charge is 0.232 e. The lowest BCUT2D eigenvalue weighted by molar-refractivity contribution is -0.124. The number of ether oxygens (including phenoxy) is 2. The predicted molar refractivity (Wildman–Crippen MR) is 117 cm³/mol. The Kier molecular flexibility index (Phi) is 6.23. The average molecular weight is 411 g/mol. The number of carbonyl (C=O) groups is 1. The third-order valence-corrected chi connectivity index (χ3v) is 5.88. The highest BCUT2D eigenvalue weighted by molar-refractivity contribution is 7.15. The van der Waals surface area contributed by atoms with E-state index in [0.717, 1.165) is 27.5 Å². The van der Waals surface area contributed by atoms with Crippen molar-refractivity contribution in [3.05, 3.63) is 70.7 Å². The van der Waals surface area contributed by atoms with Crippen LogP contribution in [-0.2, 0) is 4.79 Å². The summed E-state index contributed by atoms with van der Waals surface area (Å²) in [5, 5.41) is 3.60. The molecule has 1 heterocycles. The van der Waals surface area contributed by atoms with Gasteiger partial charge in [-0.05, 0) is 42.3 Å². The summed E-state index contributed by atoms with van der Waals surface area (Å²) in [6.07, 6.45) is 1.76. The van der Waals surface area contributed by atoms with Crippen LogP contribution in [0.15, 0.2) is 54.7 Å². The molecule has 0 fully saturated rings. The van der Waals surface area contributed by atoms with Crippen molar-refractivity contribution in [3.8, 4) is 11.5 Å². The van der Waals surface area contributed by atoms with Gasteiger partial charge >= 0.3 is 0 Å². The van der Waals surface area contributed by atoms with E-state index in [2.05, 4.69) is 10.3 Å². The number of hydrogen-bond acceptors (Lipinski definition) is 5. The number of nitrogens with zero attached hydrogens (tertiary/aromatic N) is 1. The maximum atomic E-state index is 13.3. The summed E-state index contributed by atoms with van der Waals surface area (Å²) in [6.45, 7) is 5.89. The normalized spacial score (nSPS) is 11.4. The van der Waals surface area contributed by atoms with Crippen molar-refractivity contribution < 1.29 is 14.3 Å². The third-order valence-electron chi connectivity index (χ3n) is 5.05. The molecule has 1 aromatic heterocycles. The van der Waals surface area contributed by atoms with Crippen LogP contribution < -0.4 is 14.8 Å². The van der Waals surface area contributed by atoms with E-state index in [9.17, 15) is 4.79 Å². The first-order valence-electron chi connectivity index (χ1n) is 9.37. The molecule has 0 atom stereocenters. The number of aryl methyl sites for hydroxylation is 1. The predicted octanol–water partition coefficient (Wildman–Crippen LogP) is 5.27. The van der Waals surface area contributed by atoms with Crippen LogP contribution >= 0.6 is 11.3 Å². The van der Waals surface area contributed by atoms with Crippen molar-refractivity contribution in [1.82, 2.24) is 4.98 Å². The molecule has 152 valence electrons. The van der Waals surface area contributed by atoms with E-state index >= 15 is 0 Å². The molecule has 5 nitrogen and oxygen atoms in total. The molecule has 0 aliphatic heterocycles. The molecule has 0 radical (unpaired) electrons. The Bertz CT molecular complexity index is 915. The molecule has 3 aromatic rings. The minimum atomic E-state index is -0.733. The Labute approximate surface area is 175 Å². The molecule has 0 saturated heterocycles. The Morgan fingerprint density at radius 1 is 0.966 bits per heavy atom. The fourth-order valence-corrected chi connectivity index (χ4v) is 4.08. The second-order valence-corrected chi connectivity index (χ2v) is 8.67. The van der Waals surface area contributed by atoms with Gasteiger partial charge < -0.3 is 14.8 Å². The molecule has 0 saturated carbocycles. The monoisotopic (exact) mass is 410 g/mol. The van der Waals surface area contributed by atoms with E-state index in [-0.39, 0.29) is 11.8 Å². The standard InChI is InChI=1S/C23H26N2O3S/c1-15-14-24-22(29-15)25-21(26)23(2,3)20(16-6-10-18(27-4)11-7-16)17-8-12-19(28-5)13-9-17/h6-14,20H,1-5H3,(H,24,25,26). The number of benzene rings is 2. The SMILES string of the molecule is COc1ccc(C(c2ccc(OC)cc2)C(C)(C)C(=O)Nc2ncc(C)s2)cc1. The van der Waals surface area contributed by atoms with Gasteiger partial charge in [0.25, 0.3) is 0 Å². The van der Waals surface area contributed by atoms with Crippen molar-refractivity contribution in [2.75, 3.05) is 19.5 Å². The van der Waals surface area contributed by atoms with Crippen LogP contribution in [0.5, 0.6) is 11.5 Å². The topological polar surface area (TPSA) is 60.5 Å². The molecule has 3 rings (SSSR count). The van der Waals surface area contributed by atoms with Gasteiger partial charge in [0.15, 0.2) is 5.13 Å². The number of carbonyl (C=O) groups excluding carboxylic acids is 1. The zero-order valence-electron chi connectivity index (χ0n) is 17.4. The van der Waals surface area contributed by atoms with Crippen LogP contribution in [0.3, 0.4) is 0 Å². The lowest BCUT2D eigenvalue weighted by Crippen LogP contribution is -2.37. The van der Waals surface area contributed by atoms with Gasteiger partial charge in [-0.25, -0.2) is 4.98 Å². The quantitative estimate of drug-likeness (QED) is 0.577. The molecule has 0 spiro atoms. The number of amides is 1. The summed E-state index contributed by atoms with van der Waals surface area (Å²) < 4.78 is 10.6. The fourth-order valence-electron chi connectivity index (χ4n) is 3.42. The van der Waals surface area contributed by atoms with Gasteiger partial charge in [0, 0.05) is 17.0 Å². The number of aromatic nitrogens is 1. The van der Waals surface area contributed by atoms with E-state index in [1.165, 1.54) is 11.3 Å². The molecule has 6 heteroatoms. The number of rotatable bonds is 7. The van der Waals surface area contributed by atoms with Crippen molar-refractivity contribution in [1.29, 1.82) is 0 Å². The number of thiazole rings is 1. The summed E-state index contributed by atoms with van der Waals surface area (Å²) in [7, 11) is 3.28. The van der Waals surface area contributed by atoms with Gasteiger partial charge in [-0.2, -0.15) is 0 Å². The van der Waals surface area contributed by atoms with Crippen LogP contribution in [-0.4, -0.2) is 25.1 Å². The molecule has 29 heavy (non-hydrogen) atoms. The lowest BCUT2D eigenvalue weighted by Gasteiger charge is -2.34. The molecule has 1 amide bonds. The van der Waals surface area contributed by atoms with Crippen molar-refractivity contribution in [2.24, 2.45) is 5.41 Å². The molecular formula is C23H26N2O3S. The fraction of sp³-hybridized carbons (Fsp3) is 0.304. The number of nitrogens with one attached hydrogen (secondary N) is 1. The third kappa shape index (κ3) is 4.59. The van der Waals surface area contributed by atoms with Crippen LogP contribution in [0.1, 0.15) is 35.8 Å². The number of hydrogen-bond donors (Lipinski definition) is 1. The van der Waals surface area contributed by atoms with E-state index in [1.807, 2.05) is 69.3 Å². The second-order valence-electron chi connectivity index (χ2n) is 7.43. The van der Waals surface area contributed by atoms with Gasteiger partial charge in [0.1, 0.15) is 11.5 Å². The van der Waals surface area contributed by atoms with Gasteiger partial charge in [-0.1, -0.05) is 38.1 Å². The summed E-state index contributed by atoms with van der Waals surface area (Å²) in [4.78, 5) is 18.6. The highest BCUT2D eigenvalue weighted by atomic mass is 32.1. The van der Waals surface area contributed by atoms with Crippen LogP contribution in [0.25, 0.3) is 0 Å². The van der Waals surface area contributed by atoms with Crippen molar-refractivity contribution in [2.45, 2.75) is 26.7 Å². The van der Waals surface area contributed by atoms with E-state index in [4.69, 9.17) is 9.47 Å². The van der Waals surface area contributed by atoms with E-state index in [1.54, 1.807) is 20.4 Å². The molecular weight excluding hydrogens is 384 g/mol. The van der Waals surface area contributed by atoms with Gasteiger partial charge in [-0.15, -0.1) is 11.3 Å². The van der Waals surface area contributed by atoms with E-state index in [0.29, 0.717) is 5.13 Å². The van der Waals surface area contributed by atoms with Crippen LogP contribution in [0, 0.1) is 12.3 Å². The summed E-state index contributed by atoms with van der Waals surface area (Å²) in [5.74, 6) is 1.31. The van der Waals surface area contributed by atoms with Gasteiger partial charge in [-0.3, -0.25) is 4.79 Å². The Morgan fingerprint density at radius 2 is 1.45 bits per heavy atom. The molecule has 0 aliphatic carbocycles. The maximum absolute atomic E-state index is 13.3. The second kappa shape index (κ2) is 8.66. The zero-order valence-corrected chi connectivity index (χ0v) is 18.2. The highest BCUT2D eigenvalue weighted by Crippen LogP contribution is 2.42. The summed E-state index contributed by atoms with van der Waals surface area (Å²) in [5.41, 5.74) is 1.33. The largest absolute Gasteiger partial charge is 0.497 e. The Balaban J connectivity index is 2.00. The van der Waals surface area contributed by atoms with Crippen LogP contribution in [0.4, 0.5) is 5.13 Å². The first-order chi connectivity index (χ1) is 13.8. The van der Waals surface area contributed by atoms with Gasteiger partial charge in [0.2, 0.25) is 5.91 Å². The minimum Gasteiger partial charge on any atom is -0.497 e. The Morgan fingerprint density at radius 3 is 1.83 bits per heavy atom. The highest BCUT2D eigenvalue weighted by Gasteiger charge is 2.39. The lowest BCUT2D eigenvalue weighted by atomic mass is 9.70. The van der Waals surface area contributed by atoms with Crippen molar-refractivity contribution in [3.63, 3.8) is 0 Å². The van der Waals surface area contributed by atoms with Gasteiger partial charge in [0.05, 0.1) is 19.6 Å². The summed E-state index contributed by atoms with van der Waals surface area (Å²) >= 11 is 1.47. The van der Waals surface area contributed by atoms with Crippen molar-refractivity contribution >= 4 is 22.4 Å². The van der Waals surface area contributed by atoms with Crippen LogP contribution in [0.2, 0.25) is 0 Å². The maximum Gasteiger partial charge on any atom is 0.232 e. The number of methoxy groups -OCH3 is 2. The Hall–Kier alpha value is -2.86. The molecule has 1 N–H and O–H groups in total.